The van der Waals surface area contributed by atoms with E-state index in [1.54, 1.807) is 4.90 Å². The Kier molecular flexibility index (Phi) is 5.85. The number of imidazole rings is 1. The molecule has 0 atom stereocenters. The second kappa shape index (κ2) is 9.40. The third kappa shape index (κ3) is 4.48. The summed E-state index contributed by atoms with van der Waals surface area (Å²) >= 11 is 0. The van der Waals surface area contributed by atoms with Gasteiger partial charge in [0.2, 0.25) is 0 Å². The van der Waals surface area contributed by atoms with Crippen molar-refractivity contribution in [3.63, 3.8) is 0 Å². The second-order valence-electron chi connectivity index (χ2n) is 7.80. The van der Waals surface area contributed by atoms with Crippen LogP contribution in [0.4, 0.5) is 10.5 Å². The number of hydrogen-bond acceptors (Lipinski definition) is 2. The zero-order chi connectivity index (χ0) is 22.5. The first-order chi connectivity index (χ1) is 16.3. The van der Waals surface area contributed by atoms with Gasteiger partial charge >= 0.3 is 6.03 Å². The van der Waals surface area contributed by atoms with Crippen LogP contribution < -0.4 is 10.2 Å². The van der Waals surface area contributed by atoms with E-state index in [1.165, 1.54) is 0 Å². The zero-order valence-electron chi connectivity index (χ0n) is 18.1. The van der Waals surface area contributed by atoms with Gasteiger partial charge in [-0.25, -0.2) is 9.78 Å². The number of urea groups is 1. The molecule has 0 aliphatic heterocycles. The number of pyridine rings is 1. The monoisotopic (exact) mass is 432 g/mol. The molecule has 33 heavy (non-hydrogen) atoms. The van der Waals surface area contributed by atoms with Gasteiger partial charge in [-0.05, 0) is 35.4 Å². The highest BCUT2D eigenvalue weighted by Crippen LogP contribution is 2.24. The summed E-state index contributed by atoms with van der Waals surface area (Å²) in [6.45, 7) is 0.386. The zero-order valence-corrected chi connectivity index (χ0v) is 18.1. The van der Waals surface area contributed by atoms with Crippen molar-refractivity contribution in [2.45, 2.75) is 12.6 Å². The van der Waals surface area contributed by atoms with E-state index >= 15 is 0 Å². The van der Waals surface area contributed by atoms with Gasteiger partial charge in [-0.15, -0.1) is 0 Å². The molecule has 0 fully saturated rings. The Hall–Kier alpha value is -4.38. The number of carbonyl (C=O) groups excluding carboxylic acids is 1. The van der Waals surface area contributed by atoms with Crippen molar-refractivity contribution in [3.8, 4) is 0 Å². The van der Waals surface area contributed by atoms with Crippen molar-refractivity contribution < 1.29 is 4.79 Å². The van der Waals surface area contributed by atoms with Gasteiger partial charge in [0.15, 0.2) is 0 Å². The van der Waals surface area contributed by atoms with E-state index in [1.807, 2.05) is 126 Å². The van der Waals surface area contributed by atoms with Crippen molar-refractivity contribution in [3.05, 3.63) is 138 Å². The summed E-state index contributed by atoms with van der Waals surface area (Å²) in [5, 5.41) is 3.27. The van der Waals surface area contributed by atoms with Crippen LogP contribution in [0, 0.1) is 0 Å². The number of carbonyl (C=O) groups is 1. The minimum absolute atomic E-state index is 0.176. The molecule has 0 saturated carbocycles. The molecular formula is C28H24N4O. The summed E-state index contributed by atoms with van der Waals surface area (Å²) in [5.41, 5.74) is 4.66. The molecule has 0 radical (unpaired) electrons. The maximum absolute atomic E-state index is 13.7. The highest BCUT2D eigenvalue weighted by atomic mass is 16.2. The summed E-state index contributed by atoms with van der Waals surface area (Å²) in [4.78, 5) is 20.0. The molecule has 162 valence electrons. The number of aromatic nitrogens is 2. The molecule has 0 bridgehead atoms. The first-order valence-electron chi connectivity index (χ1n) is 10.9. The molecule has 0 saturated heterocycles. The molecule has 1 N–H and O–H groups in total. The van der Waals surface area contributed by atoms with Crippen LogP contribution in [0.3, 0.4) is 0 Å². The molecule has 5 rings (SSSR count). The summed E-state index contributed by atoms with van der Waals surface area (Å²) in [6, 6.07) is 35.2. The normalized spacial score (nSPS) is 10.9. The fraction of sp³-hybridized carbons (Fsp3) is 0.0714. The fourth-order valence-corrected chi connectivity index (χ4v) is 4.00. The van der Waals surface area contributed by atoms with Crippen LogP contribution in [0.5, 0.6) is 0 Å². The van der Waals surface area contributed by atoms with Gasteiger partial charge in [0.1, 0.15) is 5.65 Å². The molecule has 0 spiro atoms. The van der Waals surface area contributed by atoms with E-state index in [0.717, 1.165) is 28.2 Å². The van der Waals surface area contributed by atoms with Crippen molar-refractivity contribution in [2.75, 3.05) is 4.90 Å². The van der Waals surface area contributed by atoms with Gasteiger partial charge < -0.3 is 9.72 Å². The van der Waals surface area contributed by atoms with Gasteiger partial charge in [-0.3, -0.25) is 4.90 Å². The van der Waals surface area contributed by atoms with E-state index in [-0.39, 0.29) is 12.1 Å². The molecule has 3 aromatic carbocycles. The minimum atomic E-state index is -0.270. The smallest absolute Gasteiger partial charge is 0.322 e. The lowest BCUT2D eigenvalue weighted by molar-refractivity contribution is 0.244. The Balaban J connectivity index is 1.50. The quantitative estimate of drug-likeness (QED) is 0.366. The molecule has 0 aliphatic carbocycles. The highest BCUT2D eigenvalue weighted by molar-refractivity contribution is 5.92. The van der Waals surface area contributed by atoms with E-state index < -0.39 is 0 Å². The number of fused-ring (bicyclic) bond motifs is 1. The predicted molar refractivity (Wildman–Crippen MR) is 131 cm³/mol. The Labute approximate surface area is 193 Å². The number of nitrogens with zero attached hydrogens (tertiary/aromatic N) is 3. The van der Waals surface area contributed by atoms with E-state index in [0.29, 0.717) is 6.54 Å². The number of para-hydroxylation sites is 1. The number of benzene rings is 3. The predicted octanol–water partition coefficient (Wildman–Crippen LogP) is 5.84. The van der Waals surface area contributed by atoms with Crippen molar-refractivity contribution in [1.82, 2.24) is 14.7 Å². The summed E-state index contributed by atoms with van der Waals surface area (Å²) in [6.07, 6.45) is 3.79. The lowest BCUT2D eigenvalue weighted by Crippen LogP contribution is -2.42. The summed E-state index contributed by atoms with van der Waals surface area (Å²) in [5.74, 6) is 0. The third-order valence-corrected chi connectivity index (χ3v) is 5.66. The van der Waals surface area contributed by atoms with Crippen LogP contribution >= 0.6 is 0 Å². The van der Waals surface area contributed by atoms with Crippen molar-refractivity contribution in [1.29, 1.82) is 0 Å². The maximum Gasteiger partial charge on any atom is 0.322 e. The molecule has 5 heteroatoms. The molecule has 2 aromatic heterocycles. The van der Waals surface area contributed by atoms with E-state index in [4.69, 9.17) is 0 Å². The Morgan fingerprint density at radius 1 is 0.788 bits per heavy atom. The molecule has 0 aliphatic rings. The lowest BCUT2D eigenvalue weighted by Gasteiger charge is -2.27. The molecular weight excluding hydrogens is 408 g/mol. The summed E-state index contributed by atoms with van der Waals surface area (Å²) in [7, 11) is 0. The largest absolute Gasteiger partial charge is 0.327 e. The van der Waals surface area contributed by atoms with Crippen LogP contribution in [0.25, 0.3) is 5.65 Å². The number of rotatable bonds is 6. The van der Waals surface area contributed by atoms with Gasteiger partial charge in [0.25, 0.3) is 0 Å². The number of hydrogen-bond donors (Lipinski definition) is 1. The first-order valence-corrected chi connectivity index (χ1v) is 10.9. The van der Waals surface area contributed by atoms with Crippen LogP contribution in [-0.4, -0.2) is 15.4 Å². The van der Waals surface area contributed by atoms with Gasteiger partial charge in [-0.2, -0.15) is 0 Å². The molecule has 2 heterocycles. The highest BCUT2D eigenvalue weighted by Gasteiger charge is 2.23. The van der Waals surface area contributed by atoms with Crippen LogP contribution in [0.1, 0.15) is 22.9 Å². The van der Waals surface area contributed by atoms with Crippen LogP contribution in [0.15, 0.2) is 122 Å². The maximum atomic E-state index is 13.7. The fourth-order valence-electron chi connectivity index (χ4n) is 4.00. The van der Waals surface area contributed by atoms with Gasteiger partial charge in [-0.1, -0.05) is 84.9 Å². The SMILES string of the molecule is O=C(NC(c1ccccc1)c1ccccc1)N(Cc1cnc2ccccn12)c1ccccc1. The minimum Gasteiger partial charge on any atom is -0.327 e. The standard InChI is InChI=1S/C28H24N4O/c33-28(30-27(22-12-4-1-5-13-22)23-14-6-2-7-15-23)32(24-16-8-3-9-17-24)21-25-20-29-26-18-10-11-19-31(25)26/h1-20,27H,21H2,(H,30,33). The van der Waals surface area contributed by atoms with Crippen LogP contribution in [0.2, 0.25) is 0 Å². The molecule has 2 amide bonds. The van der Waals surface area contributed by atoms with Crippen molar-refractivity contribution in [2.24, 2.45) is 0 Å². The number of amides is 2. The molecule has 0 unspecified atom stereocenters. The molecule has 5 aromatic rings. The average molecular weight is 433 g/mol. The van der Waals surface area contributed by atoms with Gasteiger partial charge in [0, 0.05) is 11.9 Å². The van der Waals surface area contributed by atoms with Gasteiger partial charge in [0.05, 0.1) is 24.5 Å². The lowest BCUT2D eigenvalue weighted by atomic mass is 9.99. The van der Waals surface area contributed by atoms with E-state index in [2.05, 4.69) is 10.3 Å². The van der Waals surface area contributed by atoms with E-state index in [9.17, 15) is 4.79 Å². The molecule has 5 nitrogen and oxygen atoms in total. The first kappa shape index (κ1) is 20.5. The topological polar surface area (TPSA) is 49.6 Å². The second-order valence-corrected chi connectivity index (χ2v) is 7.80. The Morgan fingerprint density at radius 2 is 1.36 bits per heavy atom. The number of nitrogens with one attached hydrogen (secondary N) is 1. The third-order valence-electron chi connectivity index (χ3n) is 5.66. The summed E-state index contributed by atoms with van der Waals surface area (Å²) < 4.78 is 2.01. The average Bonchev–Trinajstić information content (AvgIpc) is 3.30. The van der Waals surface area contributed by atoms with Crippen molar-refractivity contribution >= 4 is 17.4 Å². The Bertz CT molecular complexity index is 1290. The van der Waals surface area contributed by atoms with Crippen LogP contribution in [-0.2, 0) is 6.54 Å². The number of anilines is 1. The Morgan fingerprint density at radius 3 is 2.00 bits per heavy atom.